The highest BCUT2D eigenvalue weighted by atomic mass is 16.5. The number of carbonyl (C=O) groups is 2. The number of rotatable bonds is 6. The van der Waals surface area contributed by atoms with E-state index in [2.05, 4.69) is 54.5 Å². The van der Waals surface area contributed by atoms with Crippen LogP contribution in [0.5, 0.6) is 0 Å². The summed E-state index contributed by atoms with van der Waals surface area (Å²) in [4.78, 5) is 24.3. The molecular weight excluding hydrogens is 448 g/mol. The molecule has 4 aliphatic carbocycles. The number of hydrogen-bond acceptors (Lipinski definition) is 3. The zero-order valence-electron chi connectivity index (χ0n) is 24.1. The second-order valence-corrected chi connectivity index (χ2v) is 14.1. The number of carboxylic acid groups (broad SMARTS) is 1. The number of carboxylic acids is 1. The van der Waals surface area contributed by atoms with E-state index < -0.39 is 5.97 Å². The molecule has 0 aliphatic heterocycles. The summed E-state index contributed by atoms with van der Waals surface area (Å²) in [6.45, 7) is 17.8. The first-order valence-electron chi connectivity index (χ1n) is 14.4. The molecule has 4 nitrogen and oxygen atoms in total. The lowest BCUT2D eigenvalue weighted by Crippen LogP contribution is -2.56. The van der Waals surface area contributed by atoms with Crippen LogP contribution in [0.15, 0.2) is 22.8 Å². The SMILES string of the molecule is CC(=O)O[C@@H]1CC[C@]2(C)C3=C(CC[C@@H]2C1(C)C)[C@]1(C)CC[C@H]([C@H](CCC=C(C)C)C(=O)O)[C@]1(C)CC3. The van der Waals surface area contributed by atoms with Crippen molar-refractivity contribution in [1.29, 1.82) is 0 Å². The maximum absolute atomic E-state index is 12.5. The molecule has 2 saturated carbocycles. The van der Waals surface area contributed by atoms with Gasteiger partial charge in [0.05, 0.1) is 5.92 Å². The molecule has 1 N–H and O–H groups in total. The van der Waals surface area contributed by atoms with Crippen LogP contribution in [-0.2, 0) is 14.3 Å². The van der Waals surface area contributed by atoms with Gasteiger partial charge in [0.25, 0.3) is 0 Å². The summed E-state index contributed by atoms with van der Waals surface area (Å²) >= 11 is 0. The van der Waals surface area contributed by atoms with Crippen LogP contribution in [-0.4, -0.2) is 23.1 Å². The van der Waals surface area contributed by atoms with Crippen molar-refractivity contribution in [1.82, 2.24) is 0 Å². The van der Waals surface area contributed by atoms with Gasteiger partial charge < -0.3 is 9.84 Å². The fourth-order valence-electron chi connectivity index (χ4n) is 9.81. The van der Waals surface area contributed by atoms with Gasteiger partial charge in [-0.05, 0) is 106 Å². The van der Waals surface area contributed by atoms with Crippen LogP contribution >= 0.6 is 0 Å². The van der Waals surface area contributed by atoms with Crippen molar-refractivity contribution in [2.24, 2.45) is 39.4 Å². The van der Waals surface area contributed by atoms with Gasteiger partial charge in [-0.3, -0.25) is 9.59 Å². The Hall–Kier alpha value is -1.58. The Kier molecular flexibility index (Phi) is 7.10. The molecule has 0 bridgehead atoms. The molecule has 0 aromatic rings. The summed E-state index contributed by atoms with van der Waals surface area (Å²) in [5, 5.41) is 10.3. The van der Waals surface area contributed by atoms with E-state index in [0.29, 0.717) is 5.92 Å². The topological polar surface area (TPSA) is 63.6 Å². The minimum absolute atomic E-state index is 0.00680. The van der Waals surface area contributed by atoms with Crippen molar-refractivity contribution >= 4 is 11.9 Å². The second-order valence-electron chi connectivity index (χ2n) is 14.1. The van der Waals surface area contributed by atoms with Crippen LogP contribution in [0.25, 0.3) is 0 Å². The highest BCUT2D eigenvalue weighted by Gasteiger charge is 2.64. The van der Waals surface area contributed by atoms with Gasteiger partial charge in [-0.15, -0.1) is 0 Å². The molecule has 0 aromatic carbocycles. The largest absolute Gasteiger partial charge is 0.481 e. The van der Waals surface area contributed by atoms with E-state index in [1.807, 2.05) is 0 Å². The Balaban J connectivity index is 1.67. The van der Waals surface area contributed by atoms with Crippen LogP contribution in [0.4, 0.5) is 0 Å². The van der Waals surface area contributed by atoms with Crippen LogP contribution in [0.3, 0.4) is 0 Å². The lowest BCUT2D eigenvalue weighted by Gasteiger charge is -2.62. The molecule has 0 amide bonds. The molecule has 7 atom stereocenters. The predicted molar refractivity (Wildman–Crippen MR) is 144 cm³/mol. The molecule has 0 aromatic heterocycles. The minimum Gasteiger partial charge on any atom is -0.481 e. The Labute approximate surface area is 219 Å². The Morgan fingerprint density at radius 1 is 0.972 bits per heavy atom. The summed E-state index contributed by atoms with van der Waals surface area (Å²) in [5.41, 5.74) is 4.85. The highest BCUT2D eigenvalue weighted by Crippen LogP contribution is 2.72. The van der Waals surface area contributed by atoms with E-state index >= 15 is 0 Å². The van der Waals surface area contributed by atoms with E-state index in [-0.39, 0.29) is 45.6 Å². The standard InChI is InChI=1S/C32H50O4/c1-20(2)10-9-11-22(28(34)35)23-14-18-32(8)25-12-13-26-29(4,5)27(36-21(3)33)16-17-30(26,6)24(25)15-19-31(23,32)7/h10,22-23,26-27H,9,11-19H2,1-8H3,(H,34,35)/t22-,23+,26+,27+,30+,31-,32-/m0/s1. The maximum atomic E-state index is 12.5. The van der Waals surface area contributed by atoms with Crippen LogP contribution in [0.2, 0.25) is 0 Å². The second kappa shape index (κ2) is 9.31. The van der Waals surface area contributed by atoms with Gasteiger partial charge in [0, 0.05) is 12.3 Å². The van der Waals surface area contributed by atoms with Crippen LogP contribution in [0.1, 0.15) is 120 Å². The van der Waals surface area contributed by atoms with Gasteiger partial charge in [-0.2, -0.15) is 0 Å². The number of esters is 1. The molecule has 4 heteroatoms. The highest BCUT2D eigenvalue weighted by molar-refractivity contribution is 5.70. The van der Waals surface area contributed by atoms with Crippen molar-refractivity contribution in [3.05, 3.63) is 22.8 Å². The molecule has 36 heavy (non-hydrogen) atoms. The summed E-state index contributed by atoms with van der Waals surface area (Å²) < 4.78 is 5.84. The van der Waals surface area contributed by atoms with Crippen molar-refractivity contribution < 1.29 is 19.4 Å². The average molecular weight is 499 g/mol. The number of ether oxygens (including phenoxy) is 1. The number of fused-ring (bicyclic) bond motifs is 4. The van der Waals surface area contributed by atoms with Crippen LogP contribution < -0.4 is 0 Å². The number of aliphatic carboxylic acids is 1. The quantitative estimate of drug-likeness (QED) is 0.297. The van der Waals surface area contributed by atoms with Gasteiger partial charge in [-0.25, -0.2) is 0 Å². The van der Waals surface area contributed by atoms with Crippen molar-refractivity contribution in [3.8, 4) is 0 Å². The van der Waals surface area contributed by atoms with Crippen molar-refractivity contribution in [2.75, 3.05) is 0 Å². The first-order chi connectivity index (χ1) is 16.7. The number of carbonyl (C=O) groups excluding carboxylic acids is 1. The Morgan fingerprint density at radius 2 is 1.67 bits per heavy atom. The van der Waals surface area contributed by atoms with E-state index in [0.717, 1.165) is 64.2 Å². The minimum atomic E-state index is -0.603. The van der Waals surface area contributed by atoms with Crippen molar-refractivity contribution in [3.63, 3.8) is 0 Å². The third kappa shape index (κ3) is 4.09. The summed E-state index contributed by atoms with van der Waals surface area (Å²) in [5.74, 6) is -0.291. The molecule has 202 valence electrons. The first kappa shape index (κ1) is 27.5. The van der Waals surface area contributed by atoms with E-state index in [1.165, 1.54) is 12.5 Å². The molecule has 4 aliphatic rings. The van der Waals surface area contributed by atoms with Gasteiger partial charge >= 0.3 is 11.9 Å². The fraction of sp³-hybridized carbons (Fsp3) is 0.812. The molecule has 0 unspecified atom stereocenters. The zero-order valence-corrected chi connectivity index (χ0v) is 24.1. The number of allylic oxidation sites excluding steroid dienone is 4. The normalized spacial score (nSPS) is 39.9. The molecule has 0 saturated heterocycles. The fourth-order valence-corrected chi connectivity index (χ4v) is 9.81. The Morgan fingerprint density at radius 3 is 2.28 bits per heavy atom. The molecule has 0 radical (unpaired) electrons. The smallest absolute Gasteiger partial charge is 0.306 e. The molecular formula is C32H50O4. The maximum Gasteiger partial charge on any atom is 0.306 e. The lowest BCUT2D eigenvalue weighted by molar-refractivity contribution is -0.167. The zero-order chi connectivity index (χ0) is 26.7. The average Bonchev–Trinajstić information content (AvgIpc) is 3.04. The Bertz CT molecular complexity index is 969. The van der Waals surface area contributed by atoms with Gasteiger partial charge in [-0.1, -0.05) is 57.4 Å². The summed E-state index contributed by atoms with van der Waals surface area (Å²) in [6.07, 6.45) is 12.4. The van der Waals surface area contributed by atoms with Gasteiger partial charge in [0.2, 0.25) is 0 Å². The monoisotopic (exact) mass is 498 g/mol. The van der Waals surface area contributed by atoms with E-state index in [9.17, 15) is 14.7 Å². The van der Waals surface area contributed by atoms with E-state index in [1.54, 1.807) is 11.1 Å². The molecule has 0 spiro atoms. The molecule has 4 rings (SSSR count). The summed E-state index contributed by atoms with van der Waals surface area (Å²) in [7, 11) is 0. The van der Waals surface area contributed by atoms with Gasteiger partial charge in [0.1, 0.15) is 6.10 Å². The third-order valence-electron chi connectivity index (χ3n) is 11.9. The first-order valence-corrected chi connectivity index (χ1v) is 14.4. The predicted octanol–water partition coefficient (Wildman–Crippen LogP) is 8.11. The van der Waals surface area contributed by atoms with Crippen LogP contribution in [0, 0.1) is 39.4 Å². The van der Waals surface area contributed by atoms with E-state index in [4.69, 9.17) is 4.74 Å². The third-order valence-corrected chi connectivity index (χ3v) is 11.9. The molecule has 2 fully saturated rings. The summed E-state index contributed by atoms with van der Waals surface area (Å²) in [6, 6.07) is 0. The lowest BCUT2D eigenvalue weighted by atomic mass is 9.43. The van der Waals surface area contributed by atoms with Gasteiger partial charge in [0.15, 0.2) is 0 Å². The molecule has 0 heterocycles. The van der Waals surface area contributed by atoms with Crippen molar-refractivity contribution in [2.45, 2.75) is 126 Å². The number of hydrogen-bond donors (Lipinski definition) is 1.